The molecule has 0 bridgehead atoms. The van der Waals surface area contributed by atoms with Gasteiger partial charge in [0.25, 0.3) is 0 Å². The Hall–Kier alpha value is -0.290. The molecule has 0 atom stereocenters. The van der Waals surface area contributed by atoms with Gasteiger partial charge in [0, 0.05) is 25.6 Å². The third-order valence-electron chi connectivity index (χ3n) is 2.86. The molecule has 1 fully saturated rings. The summed E-state index contributed by atoms with van der Waals surface area (Å²) in [5, 5.41) is 4.24. The molecule has 6 heteroatoms. The maximum absolute atomic E-state index is 5.97. The summed E-state index contributed by atoms with van der Waals surface area (Å²) in [6.45, 7) is 5.41. The van der Waals surface area contributed by atoms with Gasteiger partial charge in [-0.3, -0.25) is 0 Å². The molecule has 1 aliphatic rings. The SMILES string of the molecule is Cn1c(Cl)nc(Cl)c1CNCC1(C)COC1. The highest BCUT2D eigenvalue weighted by Gasteiger charge is 2.32. The highest BCUT2D eigenvalue weighted by Crippen LogP contribution is 2.25. The summed E-state index contributed by atoms with van der Waals surface area (Å²) in [4.78, 5) is 3.99. The Balaban J connectivity index is 1.89. The van der Waals surface area contributed by atoms with Crippen LogP contribution in [0.2, 0.25) is 10.4 Å². The zero-order chi connectivity index (χ0) is 11.8. The molecule has 16 heavy (non-hydrogen) atoms. The second kappa shape index (κ2) is 4.53. The molecule has 0 saturated carbocycles. The first kappa shape index (κ1) is 12.2. The van der Waals surface area contributed by atoms with E-state index in [4.69, 9.17) is 27.9 Å². The van der Waals surface area contributed by atoms with Crippen LogP contribution in [0, 0.1) is 5.41 Å². The predicted octanol–water partition coefficient (Wildman–Crippen LogP) is 1.85. The number of hydrogen-bond acceptors (Lipinski definition) is 3. The van der Waals surface area contributed by atoms with Gasteiger partial charge in [-0.05, 0) is 11.6 Å². The van der Waals surface area contributed by atoms with E-state index in [-0.39, 0.29) is 5.41 Å². The topological polar surface area (TPSA) is 39.1 Å². The van der Waals surface area contributed by atoms with E-state index >= 15 is 0 Å². The minimum Gasteiger partial charge on any atom is -0.380 e. The number of halogens is 2. The maximum atomic E-state index is 5.97. The van der Waals surface area contributed by atoms with Crippen molar-refractivity contribution in [3.8, 4) is 0 Å². The van der Waals surface area contributed by atoms with Gasteiger partial charge < -0.3 is 14.6 Å². The van der Waals surface area contributed by atoms with Crippen LogP contribution in [0.4, 0.5) is 0 Å². The second-order valence-corrected chi connectivity index (χ2v) is 5.28. The van der Waals surface area contributed by atoms with Crippen LogP contribution >= 0.6 is 23.2 Å². The van der Waals surface area contributed by atoms with E-state index in [0.717, 1.165) is 25.5 Å². The largest absolute Gasteiger partial charge is 0.380 e. The standard InChI is InChI=1S/C10H15Cl2N3O/c1-10(5-16-6-10)4-13-3-7-8(11)14-9(12)15(7)2/h13H,3-6H2,1-2H3. The van der Waals surface area contributed by atoms with Crippen LogP contribution in [-0.2, 0) is 18.3 Å². The average molecular weight is 264 g/mol. The number of hydrogen-bond donors (Lipinski definition) is 1. The van der Waals surface area contributed by atoms with Crippen molar-refractivity contribution in [2.75, 3.05) is 19.8 Å². The Kier molecular flexibility index (Phi) is 3.45. The van der Waals surface area contributed by atoms with Crippen molar-refractivity contribution in [1.82, 2.24) is 14.9 Å². The van der Waals surface area contributed by atoms with Gasteiger partial charge in [-0.15, -0.1) is 0 Å². The van der Waals surface area contributed by atoms with Gasteiger partial charge in [-0.1, -0.05) is 18.5 Å². The molecule has 0 amide bonds. The van der Waals surface area contributed by atoms with Gasteiger partial charge in [0.1, 0.15) is 0 Å². The van der Waals surface area contributed by atoms with Crippen molar-refractivity contribution in [3.05, 3.63) is 16.1 Å². The zero-order valence-corrected chi connectivity index (χ0v) is 10.9. The Morgan fingerprint density at radius 2 is 2.19 bits per heavy atom. The molecule has 0 spiro atoms. The molecule has 1 N–H and O–H groups in total. The number of aromatic nitrogens is 2. The zero-order valence-electron chi connectivity index (χ0n) is 9.39. The van der Waals surface area contributed by atoms with E-state index < -0.39 is 0 Å². The van der Waals surface area contributed by atoms with Gasteiger partial charge in [-0.25, -0.2) is 4.98 Å². The van der Waals surface area contributed by atoms with Gasteiger partial charge in [0.05, 0.1) is 18.9 Å². The van der Waals surface area contributed by atoms with Crippen LogP contribution in [0.3, 0.4) is 0 Å². The van der Waals surface area contributed by atoms with E-state index in [1.807, 2.05) is 7.05 Å². The number of ether oxygens (including phenoxy) is 1. The number of imidazole rings is 1. The molecule has 0 radical (unpaired) electrons. The summed E-state index contributed by atoms with van der Waals surface area (Å²) in [6, 6.07) is 0. The van der Waals surface area contributed by atoms with Crippen molar-refractivity contribution in [3.63, 3.8) is 0 Å². The molecule has 1 saturated heterocycles. The highest BCUT2D eigenvalue weighted by atomic mass is 35.5. The van der Waals surface area contributed by atoms with Crippen LogP contribution in [0.5, 0.6) is 0 Å². The van der Waals surface area contributed by atoms with Crippen LogP contribution in [0.1, 0.15) is 12.6 Å². The summed E-state index contributed by atoms with van der Waals surface area (Å²) in [7, 11) is 1.85. The lowest BCUT2D eigenvalue weighted by molar-refractivity contribution is -0.0992. The predicted molar refractivity (Wildman–Crippen MR) is 63.9 cm³/mol. The van der Waals surface area contributed by atoms with Gasteiger partial charge in [-0.2, -0.15) is 0 Å². The van der Waals surface area contributed by atoms with Crippen LogP contribution in [0.15, 0.2) is 0 Å². The number of nitrogens with zero attached hydrogens (tertiary/aromatic N) is 2. The van der Waals surface area contributed by atoms with Crippen molar-refractivity contribution >= 4 is 23.2 Å². The third kappa shape index (κ3) is 2.35. The maximum Gasteiger partial charge on any atom is 0.204 e. The van der Waals surface area contributed by atoms with Crippen molar-refractivity contribution in [2.24, 2.45) is 12.5 Å². The Morgan fingerprint density at radius 1 is 1.50 bits per heavy atom. The summed E-state index contributed by atoms with van der Waals surface area (Å²) in [5.74, 6) is 0. The van der Waals surface area contributed by atoms with Crippen LogP contribution in [0.25, 0.3) is 0 Å². The monoisotopic (exact) mass is 263 g/mol. The summed E-state index contributed by atoms with van der Waals surface area (Å²) in [5.41, 5.74) is 1.17. The lowest BCUT2D eigenvalue weighted by Gasteiger charge is -2.38. The lowest BCUT2D eigenvalue weighted by atomic mass is 9.89. The molecule has 90 valence electrons. The van der Waals surface area contributed by atoms with E-state index in [9.17, 15) is 0 Å². The smallest absolute Gasteiger partial charge is 0.204 e. The molecule has 0 aromatic carbocycles. The molecule has 0 unspecified atom stereocenters. The fourth-order valence-electron chi connectivity index (χ4n) is 1.70. The van der Waals surface area contributed by atoms with Crippen molar-refractivity contribution in [1.29, 1.82) is 0 Å². The van der Waals surface area contributed by atoms with E-state index in [1.54, 1.807) is 4.57 Å². The fourth-order valence-corrected chi connectivity index (χ4v) is 2.20. The molecule has 1 aromatic heterocycles. The first-order valence-electron chi connectivity index (χ1n) is 5.17. The second-order valence-electron chi connectivity index (χ2n) is 4.58. The lowest BCUT2D eigenvalue weighted by Crippen LogP contribution is -2.47. The van der Waals surface area contributed by atoms with Gasteiger partial charge in [0.2, 0.25) is 5.28 Å². The van der Waals surface area contributed by atoms with Crippen molar-refractivity contribution in [2.45, 2.75) is 13.5 Å². The molecule has 0 aliphatic carbocycles. The molecule has 2 heterocycles. The quantitative estimate of drug-likeness (QED) is 0.902. The molecule has 4 nitrogen and oxygen atoms in total. The Bertz CT molecular complexity index is 388. The molecule has 1 aromatic rings. The van der Waals surface area contributed by atoms with Crippen LogP contribution in [-0.4, -0.2) is 29.3 Å². The summed E-state index contributed by atoms with van der Waals surface area (Å²) in [6.07, 6.45) is 0. The summed E-state index contributed by atoms with van der Waals surface area (Å²) < 4.78 is 6.98. The Labute approximate surface area is 105 Å². The van der Waals surface area contributed by atoms with Gasteiger partial charge in [0.15, 0.2) is 5.15 Å². The Morgan fingerprint density at radius 3 is 2.62 bits per heavy atom. The number of nitrogens with one attached hydrogen (secondary N) is 1. The molecular formula is C10H15Cl2N3O. The van der Waals surface area contributed by atoms with E-state index in [0.29, 0.717) is 17.0 Å². The number of rotatable bonds is 4. The van der Waals surface area contributed by atoms with Crippen LogP contribution < -0.4 is 5.32 Å². The van der Waals surface area contributed by atoms with E-state index in [1.165, 1.54) is 0 Å². The first-order chi connectivity index (χ1) is 7.52. The minimum absolute atomic E-state index is 0.259. The fraction of sp³-hybridized carbons (Fsp3) is 0.700. The first-order valence-corrected chi connectivity index (χ1v) is 5.92. The van der Waals surface area contributed by atoms with E-state index in [2.05, 4.69) is 17.2 Å². The molecule has 1 aliphatic heterocycles. The molecular weight excluding hydrogens is 249 g/mol. The molecule has 2 rings (SSSR count). The van der Waals surface area contributed by atoms with Crippen molar-refractivity contribution < 1.29 is 4.74 Å². The highest BCUT2D eigenvalue weighted by molar-refractivity contribution is 6.32. The summed E-state index contributed by atoms with van der Waals surface area (Å²) >= 11 is 11.8. The minimum atomic E-state index is 0.259. The third-order valence-corrected chi connectivity index (χ3v) is 3.50. The van der Waals surface area contributed by atoms with Gasteiger partial charge >= 0.3 is 0 Å². The average Bonchev–Trinajstić information content (AvgIpc) is 2.42. The normalized spacial score (nSPS) is 18.5.